The van der Waals surface area contributed by atoms with Crippen LogP contribution in [-0.2, 0) is 17.5 Å². The Kier molecular flexibility index (Phi) is 6.61. The number of alkyl carbamates (subject to hydrolysis) is 1. The molecule has 0 radical (unpaired) electrons. The van der Waals surface area contributed by atoms with E-state index >= 15 is 0 Å². The lowest BCUT2D eigenvalue weighted by Crippen LogP contribution is -2.32. The fraction of sp³-hybridized carbons (Fsp3) is 0.385. The minimum absolute atomic E-state index is 0.0544. The molecule has 8 nitrogen and oxygen atoms in total. The fourth-order valence-electron chi connectivity index (χ4n) is 5.02. The Hall–Kier alpha value is -3.89. The van der Waals surface area contributed by atoms with Gasteiger partial charge in [0.15, 0.2) is 0 Å². The summed E-state index contributed by atoms with van der Waals surface area (Å²) >= 11 is 0. The van der Waals surface area contributed by atoms with Crippen molar-refractivity contribution in [3.05, 3.63) is 69.8 Å². The number of ether oxygens (including phenoxy) is 1. The van der Waals surface area contributed by atoms with Crippen LogP contribution in [0.25, 0.3) is 21.9 Å². The predicted molar refractivity (Wildman–Crippen MR) is 129 cm³/mol. The monoisotopic (exact) mass is 514 g/mol. The Morgan fingerprint density at radius 3 is 2.76 bits per heavy atom. The Morgan fingerprint density at radius 1 is 1.22 bits per heavy atom. The molecule has 0 spiro atoms. The van der Waals surface area contributed by atoms with Crippen LogP contribution in [0.1, 0.15) is 48.6 Å². The van der Waals surface area contributed by atoms with Crippen LogP contribution in [0.4, 0.5) is 18.0 Å². The molecule has 194 valence electrons. The van der Waals surface area contributed by atoms with Crippen molar-refractivity contribution in [3.63, 3.8) is 0 Å². The van der Waals surface area contributed by atoms with Gasteiger partial charge in [0.05, 0.1) is 17.7 Å². The SMILES string of the molecule is Cc1onc2c1c(=O)n(C1CCCC(COC(=O)NCc3ccccc3)C1)c1cc(C(F)(F)F)cnc21. The van der Waals surface area contributed by atoms with Crippen LogP contribution < -0.4 is 10.9 Å². The highest BCUT2D eigenvalue weighted by atomic mass is 19.4. The highest BCUT2D eigenvalue weighted by Gasteiger charge is 2.34. The Labute approximate surface area is 209 Å². The smallest absolute Gasteiger partial charge is 0.417 e. The maximum absolute atomic E-state index is 13.5. The van der Waals surface area contributed by atoms with Gasteiger partial charge >= 0.3 is 12.3 Å². The second kappa shape index (κ2) is 9.87. The number of carbonyl (C=O) groups excluding carboxylic acids is 1. The van der Waals surface area contributed by atoms with Crippen LogP contribution in [0.2, 0.25) is 0 Å². The molecule has 1 aliphatic rings. The molecule has 1 amide bonds. The maximum Gasteiger partial charge on any atom is 0.417 e. The summed E-state index contributed by atoms with van der Waals surface area (Å²) in [5, 5.41) is 6.81. The number of aromatic nitrogens is 3. The molecule has 1 fully saturated rings. The molecule has 11 heteroatoms. The standard InChI is InChI=1S/C26H25F3N4O4/c1-15-21-23(32-37-15)22-20(11-18(13-30-22)26(27,28)29)33(24(21)34)19-9-5-8-17(10-19)14-36-25(35)31-12-16-6-3-2-4-7-16/h2-4,6-7,11,13,17,19H,5,8-10,12,14H2,1H3,(H,31,35). The van der Waals surface area contributed by atoms with E-state index in [0.29, 0.717) is 19.4 Å². The van der Waals surface area contributed by atoms with Crippen molar-refractivity contribution in [2.24, 2.45) is 5.92 Å². The molecular formula is C26H25F3N4O4. The molecule has 1 N–H and O–H groups in total. The minimum Gasteiger partial charge on any atom is -0.449 e. The third-order valence-corrected chi connectivity index (χ3v) is 6.82. The number of hydrogen-bond acceptors (Lipinski definition) is 6. The fourth-order valence-corrected chi connectivity index (χ4v) is 5.02. The molecule has 1 aliphatic carbocycles. The molecule has 1 saturated carbocycles. The van der Waals surface area contributed by atoms with Crippen molar-refractivity contribution in [3.8, 4) is 0 Å². The lowest BCUT2D eigenvalue weighted by atomic mass is 9.85. The van der Waals surface area contributed by atoms with Crippen LogP contribution in [0.3, 0.4) is 0 Å². The number of pyridine rings is 2. The zero-order valence-corrected chi connectivity index (χ0v) is 20.0. The maximum atomic E-state index is 13.5. The van der Waals surface area contributed by atoms with Gasteiger partial charge in [-0.05, 0) is 43.7 Å². The number of nitrogens with one attached hydrogen (secondary N) is 1. The van der Waals surface area contributed by atoms with Crippen molar-refractivity contribution in [1.82, 2.24) is 20.0 Å². The number of alkyl halides is 3. The van der Waals surface area contributed by atoms with Gasteiger partial charge in [-0.2, -0.15) is 13.2 Å². The lowest BCUT2D eigenvalue weighted by Gasteiger charge is -2.31. The Bertz CT molecular complexity index is 1500. The van der Waals surface area contributed by atoms with Crippen LogP contribution in [0, 0.1) is 12.8 Å². The van der Waals surface area contributed by atoms with E-state index in [9.17, 15) is 22.8 Å². The lowest BCUT2D eigenvalue weighted by molar-refractivity contribution is -0.137. The largest absolute Gasteiger partial charge is 0.449 e. The molecule has 0 aliphatic heterocycles. The third kappa shape index (κ3) is 5.03. The van der Waals surface area contributed by atoms with Crippen LogP contribution in [0.5, 0.6) is 0 Å². The molecule has 2 unspecified atom stereocenters. The second-order valence-electron chi connectivity index (χ2n) is 9.35. The number of amides is 1. The third-order valence-electron chi connectivity index (χ3n) is 6.82. The van der Waals surface area contributed by atoms with Crippen molar-refractivity contribution in [2.75, 3.05) is 6.61 Å². The average Bonchev–Trinajstić information content (AvgIpc) is 3.28. The van der Waals surface area contributed by atoms with E-state index in [1.807, 2.05) is 30.3 Å². The first kappa shape index (κ1) is 24.8. The van der Waals surface area contributed by atoms with E-state index in [4.69, 9.17) is 9.26 Å². The van der Waals surface area contributed by atoms with Crippen LogP contribution in [0.15, 0.2) is 51.9 Å². The molecule has 3 aromatic heterocycles. The number of fused-ring (bicyclic) bond motifs is 3. The van der Waals surface area contributed by atoms with E-state index in [1.165, 1.54) is 4.57 Å². The average molecular weight is 515 g/mol. The number of carbonyl (C=O) groups is 1. The Balaban J connectivity index is 1.39. The van der Waals surface area contributed by atoms with E-state index in [0.717, 1.165) is 30.7 Å². The molecule has 1 aromatic carbocycles. The normalized spacial score (nSPS) is 18.3. The van der Waals surface area contributed by atoms with Gasteiger partial charge in [0, 0.05) is 18.8 Å². The van der Waals surface area contributed by atoms with Gasteiger partial charge in [-0.1, -0.05) is 41.9 Å². The number of hydrogen-bond donors (Lipinski definition) is 1. The summed E-state index contributed by atoms with van der Waals surface area (Å²) in [5.41, 5.74) is -0.0816. The number of nitrogens with zero attached hydrogens (tertiary/aromatic N) is 3. The molecule has 4 aromatic rings. The van der Waals surface area contributed by atoms with Gasteiger partial charge in [0.2, 0.25) is 0 Å². The zero-order valence-electron chi connectivity index (χ0n) is 20.0. The molecule has 37 heavy (non-hydrogen) atoms. The topological polar surface area (TPSA) is 99.3 Å². The predicted octanol–water partition coefficient (Wildman–Crippen LogP) is 5.52. The van der Waals surface area contributed by atoms with Crippen molar-refractivity contribution < 1.29 is 27.2 Å². The first-order valence-electron chi connectivity index (χ1n) is 12.0. The summed E-state index contributed by atoms with van der Waals surface area (Å²) in [5.74, 6) is 0.226. The quantitative estimate of drug-likeness (QED) is 0.376. The highest BCUT2D eigenvalue weighted by molar-refractivity contribution is 6.01. The van der Waals surface area contributed by atoms with Gasteiger partial charge in [0.1, 0.15) is 22.2 Å². The van der Waals surface area contributed by atoms with Gasteiger partial charge in [-0.25, -0.2) is 4.79 Å². The highest BCUT2D eigenvalue weighted by Crippen LogP contribution is 2.37. The van der Waals surface area contributed by atoms with Gasteiger partial charge in [0.25, 0.3) is 5.56 Å². The number of benzene rings is 1. The van der Waals surface area contributed by atoms with Crippen LogP contribution >= 0.6 is 0 Å². The summed E-state index contributed by atoms with van der Waals surface area (Å²) in [6.45, 7) is 2.06. The first-order valence-corrected chi connectivity index (χ1v) is 12.0. The number of rotatable bonds is 5. The van der Waals surface area contributed by atoms with Gasteiger partial charge < -0.3 is 19.1 Å². The first-order chi connectivity index (χ1) is 17.7. The van der Waals surface area contributed by atoms with Crippen molar-refractivity contribution >= 4 is 28.0 Å². The number of halogens is 3. The van der Waals surface area contributed by atoms with Crippen molar-refractivity contribution in [2.45, 2.75) is 51.4 Å². The summed E-state index contributed by atoms with van der Waals surface area (Å²) in [6, 6.07) is 9.97. The zero-order chi connectivity index (χ0) is 26.2. The van der Waals surface area contributed by atoms with Crippen LogP contribution in [-0.4, -0.2) is 27.4 Å². The van der Waals surface area contributed by atoms with E-state index in [-0.39, 0.29) is 40.2 Å². The summed E-state index contributed by atoms with van der Waals surface area (Å²) in [7, 11) is 0. The molecule has 0 bridgehead atoms. The summed E-state index contributed by atoms with van der Waals surface area (Å²) in [4.78, 5) is 29.8. The molecule has 3 heterocycles. The molecule has 5 rings (SSSR count). The van der Waals surface area contributed by atoms with Gasteiger partial charge in [-0.15, -0.1) is 0 Å². The second-order valence-corrected chi connectivity index (χ2v) is 9.35. The minimum atomic E-state index is -4.62. The molecule has 0 saturated heterocycles. The van der Waals surface area contributed by atoms with Gasteiger partial charge in [-0.3, -0.25) is 9.78 Å². The van der Waals surface area contributed by atoms with E-state index in [1.54, 1.807) is 6.92 Å². The molecule has 2 atom stereocenters. The van der Waals surface area contributed by atoms with Crippen molar-refractivity contribution in [1.29, 1.82) is 0 Å². The molecular weight excluding hydrogens is 489 g/mol. The Morgan fingerprint density at radius 2 is 2.00 bits per heavy atom. The summed E-state index contributed by atoms with van der Waals surface area (Å²) in [6.07, 6.45) is -1.86. The summed E-state index contributed by atoms with van der Waals surface area (Å²) < 4.78 is 52.5. The van der Waals surface area contributed by atoms with E-state index in [2.05, 4.69) is 15.5 Å². The number of aryl methyl sites for hydroxylation is 1. The van der Waals surface area contributed by atoms with E-state index < -0.39 is 29.4 Å².